The Morgan fingerprint density at radius 1 is 0.938 bits per heavy atom. The number of amides is 1. The molecule has 0 saturated heterocycles. The number of carbonyl (C=O) groups excluding carboxylic acids is 1. The quantitative estimate of drug-likeness (QED) is 0.430. The van der Waals surface area contributed by atoms with Gasteiger partial charge in [-0.05, 0) is 67.9 Å². The maximum atomic E-state index is 13.0. The molecule has 0 aliphatic rings. The van der Waals surface area contributed by atoms with Crippen molar-refractivity contribution in [3.63, 3.8) is 0 Å². The Labute approximate surface area is 185 Å². The minimum Gasteiger partial charge on any atom is -0.363 e. The van der Waals surface area contributed by atoms with Crippen LogP contribution in [-0.4, -0.2) is 20.9 Å². The lowest BCUT2D eigenvalue weighted by Gasteiger charge is -2.16. The van der Waals surface area contributed by atoms with Crippen LogP contribution in [0, 0.1) is 12.7 Å². The van der Waals surface area contributed by atoms with Gasteiger partial charge >= 0.3 is 0 Å². The zero-order valence-electron chi connectivity index (χ0n) is 17.7. The molecule has 0 saturated carbocycles. The van der Waals surface area contributed by atoms with Gasteiger partial charge in [-0.25, -0.2) is 14.4 Å². The molecule has 6 nitrogen and oxygen atoms in total. The molecule has 0 spiro atoms. The third kappa shape index (κ3) is 5.13. The van der Waals surface area contributed by atoms with Crippen LogP contribution in [0.15, 0.2) is 79.1 Å². The van der Waals surface area contributed by atoms with Crippen molar-refractivity contribution in [1.82, 2.24) is 15.0 Å². The summed E-state index contributed by atoms with van der Waals surface area (Å²) in [7, 11) is 0. The molecule has 0 aliphatic heterocycles. The number of halogens is 1. The SMILES string of the molecule is Cc1cc(NC(C)c2ccc(NC(=O)c3ccc(F)cc3)cc2)nc(-c2ccncc2)n1. The van der Waals surface area contributed by atoms with E-state index in [0.717, 1.165) is 22.6 Å². The van der Waals surface area contributed by atoms with Gasteiger partial charge in [0.2, 0.25) is 0 Å². The first-order chi connectivity index (χ1) is 15.5. The summed E-state index contributed by atoms with van der Waals surface area (Å²) in [5.74, 6) is 0.703. The topological polar surface area (TPSA) is 79.8 Å². The summed E-state index contributed by atoms with van der Waals surface area (Å²) in [6.45, 7) is 3.97. The van der Waals surface area contributed by atoms with Crippen molar-refractivity contribution in [3.05, 3.63) is 102 Å². The summed E-state index contributed by atoms with van der Waals surface area (Å²) < 4.78 is 13.0. The molecule has 0 radical (unpaired) electrons. The second-order valence-corrected chi connectivity index (χ2v) is 7.40. The van der Waals surface area contributed by atoms with Gasteiger partial charge < -0.3 is 10.6 Å². The summed E-state index contributed by atoms with van der Waals surface area (Å²) in [5.41, 5.74) is 3.86. The number of anilines is 2. The number of benzene rings is 2. The van der Waals surface area contributed by atoms with Crippen LogP contribution in [0.5, 0.6) is 0 Å². The first-order valence-electron chi connectivity index (χ1n) is 10.2. The highest BCUT2D eigenvalue weighted by Gasteiger charge is 2.11. The van der Waals surface area contributed by atoms with E-state index in [1.807, 2.05) is 56.3 Å². The normalized spacial score (nSPS) is 11.6. The molecule has 1 atom stereocenters. The van der Waals surface area contributed by atoms with Gasteiger partial charge in [-0.1, -0.05) is 12.1 Å². The predicted molar refractivity (Wildman–Crippen MR) is 123 cm³/mol. The molecule has 7 heteroatoms. The van der Waals surface area contributed by atoms with Crippen LogP contribution in [0.4, 0.5) is 15.9 Å². The molecule has 4 rings (SSSR count). The first kappa shape index (κ1) is 21.1. The molecule has 1 unspecified atom stereocenters. The molecule has 160 valence electrons. The number of rotatable bonds is 6. The van der Waals surface area contributed by atoms with E-state index >= 15 is 0 Å². The number of aryl methyl sites for hydroxylation is 1. The Kier molecular flexibility index (Phi) is 6.17. The summed E-state index contributed by atoms with van der Waals surface area (Å²) >= 11 is 0. The highest BCUT2D eigenvalue weighted by molar-refractivity contribution is 6.04. The Morgan fingerprint density at radius 2 is 1.62 bits per heavy atom. The van der Waals surface area contributed by atoms with Crippen molar-refractivity contribution in [1.29, 1.82) is 0 Å². The second-order valence-electron chi connectivity index (χ2n) is 7.40. The molecule has 2 aromatic carbocycles. The van der Waals surface area contributed by atoms with E-state index in [1.165, 1.54) is 24.3 Å². The van der Waals surface area contributed by atoms with Crippen molar-refractivity contribution < 1.29 is 9.18 Å². The van der Waals surface area contributed by atoms with Gasteiger partial charge in [0.25, 0.3) is 5.91 Å². The van der Waals surface area contributed by atoms with Crippen LogP contribution in [0.2, 0.25) is 0 Å². The average Bonchev–Trinajstić information content (AvgIpc) is 2.80. The van der Waals surface area contributed by atoms with E-state index in [1.54, 1.807) is 12.4 Å². The fourth-order valence-electron chi connectivity index (χ4n) is 3.24. The van der Waals surface area contributed by atoms with E-state index in [9.17, 15) is 9.18 Å². The molecule has 1 amide bonds. The molecular formula is C25H22FN5O. The fraction of sp³-hybridized carbons (Fsp3) is 0.120. The zero-order valence-corrected chi connectivity index (χ0v) is 17.7. The Balaban J connectivity index is 1.44. The van der Waals surface area contributed by atoms with E-state index in [0.29, 0.717) is 17.1 Å². The largest absolute Gasteiger partial charge is 0.363 e. The third-order valence-corrected chi connectivity index (χ3v) is 4.93. The number of nitrogens with one attached hydrogen (secondary N) is 2. The lowest BCUT2D eigenvalue weighted by Crippen LogP contribution is -2.12. The van der Waals surface area contributed by atoms with Gasteiger partial charge in [-0.15, -0.1) is 0 Å². The highest BCUT2D eigenvalue weighted by Crippen LogP contribution is 2.23. The highest BCUT2D eigenvalue weighted by atomic mass is 19.1. The molecule has 2 aromatic heterocycles. The number of nitrogens with zero attached hydrogens (tertiary/aromatic N) is 3. The lowest BCUT2D eigenvalue weighted by molar-refractivity contribution is 0.102. The maximum Gasteiger partial charge on any atom is 0.255 e. The van der Waals surface area contributed by atoms with Crippen molar-refractivity contribution in [2.75, 3.05) is 10.6 Å². The number of carbonyl (C=O) groups is 1. The molecule has 32 heavy (non-hydrogen) atoms. The van der Waals surface area contributed by atoms with E-state index in [2.05, 4.69) is 25.6 Å². The van der Waals surface area contributed by atoms with Crippen LogP contribution < -0.4 is 10.6 Å². The summed E-state index contributed by atoms with van der Waals surface area (Å²) in [4.78, 5) is 25.5. The summed E-state index contributed by atoms with van der Waals surface area (Å²) in [6.07, 6.45) is 3.43. The summed E-state index contributed by atoms with van der Waals surface area (Å²) in [5, 5.41) is 6.23. The number of pyridine rings is 1. The van der Waals surface area contributed by atoms with Crippen molar-refractivity contribution >= 4 is 17.4 Å². The Morgan fingerprint density at radius 3 is 2.31 bits per heavy atom. The monoisotopic (exact) mass is 427 g/mol. The number of aromatic nitrogens is 3. The molecular weight excluding hydrogens is 405 g/mol. The standard InChI is InChI=1S/C25H22FN5O/c1-16-15-23(31-24(28-16)19-11-13-27-14-12-19)29-17(2)18-5-9-22(10-6-18)30-25(32)20-3-7-21(26)8-4-20/h3-15,17H,1-2H3,(H,30,32)(H,28,29,31). The minimum atomic E-state index is -0.376. The van der Waals surface area contributed by atoms with Crippen LogP contribution in [0.3, 0.4) is 0 Å². The predicted octanol–water partition coefficient (Wildman–Crippen LogP) is 5.41. The van der Waals surface area contributed by atoms with Crippen molar-refractivity contribution in [2.45, 2.75) is 19.9 Å². The van der Waals surface area contributed by atoms with Crippen LogP contribution in [0.25, 0.3) is 11.4 Å². The molecule has 2 N–H and O–H groups in total. The Hall–Kier alpha value is -4.13. The van der Waals surface area contributed by atoms with Gasteiger partial charge in [0, 0.05) is 47.0 Å². The van der Waals surface area contributed by atoms with Gasteiger partial charge in [-0.3, -0.25) is 9.78 Å². The third-order valence-electron chi connectivity index (χ3n) is 4.93. The molecule has 0 fully saturated rings. The van der Waals surface area contributed by atoms with Gasteiger partial charge in [0.05, 0.1) is 0 Å². The van der Waals surface area contributed by atoms with E-state index in [-0.39, 0.29) is 17.8 Å². The average molecular weight is 427 g/mol. The van der Waals surface area contributed by atoms with Crippen molar-refractivity contribution in [2.24, 2.45) is 0 Å². The second kappa shape index (κ2) is 9.34. The Bertz CT molecular complexity index is 1210. The van der Waals surface area contributed by atoms with Crippen molar-refractivity contribution in [3.8, 4) is 11.4 Å². The van der Waals surface area contributed by atoms with Crippen LogP contribution in [-0.2, 0) is 0 Å². The lowest BCUT2D eigenvalue weighted by atomic mass is 10.1. The molecule has 0 bridgehead atoms. The van der Waals surface area contributed by atoms with Crippen LogP contribution >= 0.6 is 0 Å². The maximum absolute atomic E-state index is 13.0. The number of hydrogen-bond acceptors (Lipinski definition) is 5. The minimum absolute atomic E-state index is 0.0172. The van der Waals surface area contributed by atoms with Gasteiger partial charge in [0.1, 0.15) is 11.6 Å². The number of hydrogen-bond donors (Lipinski definition) is 2. The zero-order chi connectivity index (χ0) is 22.5. The fourth-order valence-corrected chi connectivity index (χ4v) is 3.24. The van der Waals surface area contributed by atoms with Gasteiger partial charge in [-0.2, -0.15) is 0 Å². The summed E-state index contributed by atoms with van der Waals surface area (Å²) in [6, 6.07) is 18.6. The van der Waals surface area contributed by atoms with Crippen LogP contribution in [0.1, 0.15) is 34.6 Å². The first-order valence-corrected chi connectivity index (χ1v) is 10.2. The molecule has 4 aromatic rings. The smallest absolute Gasteiger partial charge is 0.255 e. The van der Waals surface area contributed by atoms with Gasteiger partial charge in [0.15, 0.2) is 5.82 Å². The van der Waals surface area contributed by atoms with E-state index < -0.39 is 0 Å². The van der Waals surface area contributed by atoms with E-state index in [4.69, 9.17) is 0 Å². The molecule has 0 aliphatic carbocycles. The molecule has 2 heterocycles.